The number of amides is 2. The van der Waals surface area contributed by atoms with Gasteiger partial charge in [0.25, 0.3) is 0 Å². The summed E-state index contributed by atoms with van der Waals surface area (Å²) in [7, 11) is 1.64. The summed E-state index contributed by atoms with van der Waals surface area (Å²) in [5, 5.41) is 8.81. The van der Waals surface area contributed by atoms with Crippen molar-refractivity contribution >= 4 is 17.6 Å². The van der Waals surface area contributed by atoms with E-state index < -0.39 is 0 Å². The number of methoxy groups -OCH3 is 1. The summed E-state index contributed by atoms with van der Waals surface area (Å²) < 4.78 is 5.28. The molecule has 1 fully saturated rings. The fraction of sp³-hybridized carbons (Fsp3) is 0.478. The van der Waals surface area contributed by atoms with Crippen LogP contribution < -0.4 is 9.64 Å². The average Bonchev–Trinajstić information content (AvgIpc) is 3.03. The molecule has 31 heavy (non-hydrogen) atoms. The maximum Gasteiger partial charge on any atom is 0.242 e. The van der Waals surface area contributed by atoms with Gasteiger partial charge in [0.05, 0.1) is 19.3 Å². The van der Waals surface area contributed by atoms with E-state index in [1.165, 1.54) is 6.92 Å². The van der Waals surface area contributed by atoms with Crippen LogP contribution in [0.3, 0.4) is 0 Å². The van der Waals surface area contributed by atoms with Gasteiger partial charge in [0, 0.05) is 44.7 Å². The normalized spacial score (nSPS) is 14.4. The van der Waals surface area contributed by atoms with Crippen LogP contribution in [0, 0.1) is 0 Å². The zero-order chi connectivity index (χ0) is 22.4. The summed E-state index contributed by atoms with van der Waals surface area (Å²) in [5.74, 6) is 1.49. The number of anilines is 1. The Balaban J connectivity index is 1.62. The first-order chi connectivity index (χ1) is 14.9. The number of carbonyl (C=O) groups is 2. The fourth-order valence-corrected chi connectivity index (χ4v) is 3.73. The van der Waals surface area contributed by atoms with Crippen molar-refractivity contribution in [2.45, 2.75) is 33.2 Å². The second kappa shape index (κ2) is 10.2. The topological polar surface area (TPSA) is 78.9 Å². The summed E-state index contributed by atoms with van der Waals surface area (Å²) in [5.41, 5.74) is 1.73. The van der Waals surface area contributed by atoms with Crippen LogP contribution in [0.15, 0.2) is 36.4 Å². The molecule has 1 aliphatic heterocycles. The number of aromatic nitrogens is 2. The minimum atomic E-state index is -0.0776. The molecule has 1 aliphatic rings. The summed E-state index contributed by atoms with van der Waals surface area (Å²) in [6.07, 6.45) is 0.840. The van der Waals surface area contributed by atoms with Crippen LogP contribution in [-0.4, -0.2) is 77.7 Å². The van der Waals surface area contributed by atoms with Gasteiger partial charge in [0.1, 0.15) is 5.75 Å². The molecule has 0 saturated carbocycles. The SMILES string of the molecule is COc1cccc(-c2ccc(N3CCCN(C(=O)CN(C(C)=O)C(C)C)CC3)nn2)c1. The molecule has 2 aromatic rings. The highest BCUT2D eigenvalue weighted by Gasteiger charge is 2.24. The Kier molecular flexibility index (Phi) is 7.44. The quantitative estimate of drug-likeness (QED) is 0.707. The Hall–Kier alpha value is -3.16. The summed E-state index contributed by atoms with van der Waals surface area (Å²) in [6, 6.07) is 11.7. The van der Waals surface area contributed by atoms with Crippen LogP contribution >= 0.6 is 0 Å². The van der Waals surface area contributed by atoms with E-state index in [4.69, 9.17) is 4.74 Å². The summed E-state index contributed by atoms with van der Waals surface area (Å²) >= 11 is 0. The smallest absolute Gasteiger partial charge is 0.242 e. The van der Waals surface area contributed by atoms with Crippen molar-refractivity contribution in [1.29, 1.82) is 0 Å². The van der Waals surface area contributed by atoms with Gasteiger partial charge in [0.2, 0.25) is 11.8 Å². The number of hydrogen-bond acceptors (Lipinski definition) is 6. The van der Waals surface area contributed by atoms with Gasteiger partial charge in [-0.05, 0) is 44.5 Å². The number of ether oxygens (including phenoxy) is 1. The fourth-order valence-electron chi connectivity index (χ4n) is 3.73. The first-order valence-electron chi connectivity index (χ1n) is 10.7. The highest BCUT2D eigenvalue weighted by atomic mass is 16.5. The molecule has 0 atom stereocenters. The minimum Gasteiger partial charge on any atom is -0.497 e. The molecule has 3 rings (SSSR count). The lowest BCUT2D eigenvalue weighted by molar-refractivity contribution is -0.140. The van der Waals surface area contributed by atoms with Gasteiger partial charge in [-0.15, -0.1) is 10.2 Å². The molecule has 8 heteroatoms. The van der Waals surface area contributed by atoms with Crippen LogP contribution in [0.2, 0.25) is 0 Å². The molecule has 2 heterocycles. The van der Waals surface area contributed by atoms with Crippen LogP contribution in [0.4, 0.5) is 5.82 Å². The van der Waals surface area contributed by atoms with Crippen molar-refractivity contribution in [3.05, 3.63) is 36.4 Å². The molecule has 1 aromatic carbocycles. The van der Waals surface area contributed by atoms with Crippen LogP contribution in [0.25, 0.3) is 11.3 Å². The lowest BCUT2D eigenvalue weighted by atomic mass is 10.1. The van der Waals surface area contributed by atoms with Gasteiger partial charge in [-0.1, -0.05) is 12.1 Å². The van der Waals surface area contributed by atoms with E-state index in [9.17, 15) is 9.59 Å². The van der Waals surface area contributed by atoms with Crippen LogP contribution in [0.1, 0.15) is 27.2 Å². The monoisotopic (exact) mass is 425 g/mol. The van der Waals surface area contributed by atoms with Gasteiger partial charge in [0.15, 0.2) is 5.82 Å². The molecule has 0 unspecified atom stereocenters. The van der Waals surface area contributed by atoms with Gasteiger partial charge >= 0.3 is 0 Å². The zero-order valence-corrected chi connectivity index (χ0v) is 18.7. The van der Waals surface area contributed by atoms with E-state index in [1.807, 2.05) is 55.1 Å². The van der Waals surface area contributed by atoms with E-state index in [0.717, 1.165) is 35.8 Å². The number of benzene rings is 1. The minimum absolute atomic E-state index is 0.00305. The van der Waals surface area contributed by atoms with E-state index in [2.05, 4.69) is 15.1 Å². The van der Waals surface area contributed by atoms with Gasteiger partial charge in [-0.25, -0.2) is 0 Å². The van der Waals surface area contributed by atoms with Crippen molar-refractivity contribution in [3.63, 3.8) is 0 Å². The second-order valence-electron chi connectivity index (χ2n) is 7.97. The van der Waals surface area contributed by atoms with Crippen molar-refractivity contribution in [2.75, 3.05) is 44.7 Å². The lowest BCUT2D eigenvalue weighted by Gasteiger charge is -2.28. The average molecular weight is 426 g/mol. The zero-order valence-electron chi connectivity index (χ0n) is 18.7. The molecule has 2 amide bonds. The summed E-state index contributed by atoms with van der Waals surface area (Å²) in [4.78, 5) is 30.1. The maximum atomic E-state index is 12.7. The number of carbonyl (C=O) groups excluding carboxylic acids is 2. The van der Waals surface area contributed by atoms with E-state index in [1.54, 1.807) is 12.0 Å². The number of rotatable bonds is 6. The standard InChI is InChI=1S/C23H31N5O3/c1-17(2)28(18(3)29)16-23(30)27-12-6-11-26(13-14-27)22-10-9-21(24-25-22)19-7-5-8-20(15-19)31-4/h5,7-10,15,17H,6,11-14,16H2,1-4H3. The molecule has 0 bridgehead atoms. The Bertz CT molecular complexity index is 900. The van der Waals surface area contributed by atoms with Crippen molar-refractivity contribution < 1.29 is 14.3 Å². The molecule has 0 spiro atoms. The molecule has 0 radical (unpaired) electrons. The molecule has 166 valence electrons. The van der Waals surface area contributed by atoms with E-state index in [0.29, 0.717) is 19.6 Å². The first-order valence-corrected chi connectivity index (χ1v) is 10.7. The number of nitrogens with zero attached hydrogens (tertiary/aromatic N) is 5. The summed E-state index contributed by atoms with van der Waals surface area (Å²) in [6.45, 7) is 8.24. The molecule has 1 saturated heterocycles. The molecule has 0 aliphatic carbocycles. The molecule has 0 N–H and O–H groups in total. The first kappa shape index (κ1) is 22.5. The predicted octanol–water partition coefficient (Wildman–Crippen LogP) is 2.45. The van der Waals surface area contributed by atoms with Crippen LogP contribution in [-0.2, 0) is 9.59 Å². The Labute approximate surface area is 183 Å². The third-order valence-corrected chi connectivity index (χ3v) is 5.52. The highest BCUT2D eigenvalue weighted by molar-refractivity contribution is 5.84. The number of hydrogen-bond donors (Lipinski definition) is 0. The van der Waals surface area contributed by atoms with Crippen molar-refractivity contribution in [2.24, 2.45) is 0 Å². The Morgan fingerprint density at radius 3 is 2.55 bits per heavy atom. The van der Waals surface area contributed by atoms with Crippen LogP contribution in [0.5, 0.6) is 5.75 Å². The van der Waals surface area contributed by atoms with E-state index >= 15 is 0 Å². The second-order valence-corrected chi connectivity index (χ2v) is 7.97. The third kappa shape index (κ3) is 5.71. The van der Waals surface area contributed by atoms with Gasteiger partial charge in [-0.2, -0.15) is 0 Å². The molecule has 1 aromatic heterocycles. The molecular formula is C23H31N5O3. The highest BCUT2D eigenvalue weighted by Crippen LogP contribution is 2.23. The van der Waals surface area contributed by atoms with Crippen molar-refractivity contribution in [1.82, 2.24) is 20.0 Å². The molecule has 8 nitrogen and oxygen atoms in total. The Morgan fingerprint density at radius 2 is 1.90 bits per heavy atom. The van der Waals surface area contributed by atoms with Gasteiger partial charge < -0.3 is 19.4 Å². The third-order valence-electron chi connectivity index (χ3n) is 5.52. The van der Waals surface area contributed by atoms with Gasteiger partial charge in [-0.3, -0.25) is 9.59 Å². The lowest BCUT2D eigenvalue weighted by Crippen LogP contribution is -2.46. The Morgan fingerprint density at radius 1 is 1.10 bits per heavy atom. The molecular weight excluding hydrogens is 394 g/mol. The van der Waals surface area contributed by atoms with Crippen molar-refractivity contribution in [3.8, 4) is 17.0 Å². The van der Waals surface area contributed by atoms with E-state index in [-0.39, 0.29) is 24.4 Å². The maximum absolute atomic E-state index is 12.7. The predicted molar refractivity (Wildman–Crippen MR) is 120 cm³/mol. The largest absolute Gasteiger partial charge is 0.497 e.